The van der Waals surface area contributed by atoms with Gasteiger partial charge < -0.3 is 15.3 Å². The van der Waals surface area contributed by atoms with Gasteiger partial charge in [-0.1, -0.05) is 13.8 Å². The molecule has 10 heteroatoms. The monoisotopic (exact) mass is 468 g/mol. The molecule has 1 aromatic carbocycles. The maximum atomic E-state index is 13.2. The molecule has 9 nitrogen and oxygen atoms in total. The lowest BCUT2D eigenvalue weighted by molar-refractivity contribution is -0.0272. The van der Waals surface area contributed by atoms with E-state index in [1.54, 1.807) is 17.0 Å². The van der Waals surface area contributed by atoms with Crippen LogP contribution < -0.4 is 10.9 Å². The van der Waals surface area contributed by atoms with Crippen LogP contribution in [0.1, 0.15) is 39.5 Å². The molecule has 3 heterocycles. The summed E-state index contributed by atoms with van der Waals surface area (Å²) in [6.45, 7) is 5.32. The fraction of sp³-hybridized carbons (Fsp3) is 0.500. The van der Waals surface area contributed by atoms with Crippen LogP contribution in [0.2, 0.25) is 0 Å². The zero-order valence-corrected chi connectivity index (χ0v) is 19.4. The lowest BCUT2D eigenvalue weighted by atomic mass is 9.68. The molecule has 1 saturated heterocycles. The van der Waals surface area contributed by atoms with Gasteiger partial charge in [-0.3, -0.25) is 9.36 Å². The van der Waals surface area contributed by atoms with Gasteiger partial charge in [0, 0.05) is 19.1 Å². The first-order valence-corrected chi connectivity index (χ1v) is 11.6. The Labute approximate surface area is 196 Å². The van der Waals surface area contributed by atoms with Gasteiger partial charge in [0.25, 0.3) is 5.56 Å². The van der Waals surface area contributed by atoms with Crippen molar-refractivity contribution in [1.82, 2.24) is 29.5 Å². The summed E-state index contributed by atoms with van der Waals surface area (Å²) in [6, 6.07) is 5.89. The fourth-order valence-corrected chi connectivity index (χ4v) is 5.08. The number of halogens is 1. The molecule has 0 atom stereocenters. The summed E-state index contributed by atoms with van der Waals surface area (Å²) >= 11 is 0. The van der Waals surface area contributed by atoms with Crippen LogP contribution in [0.25, 0.3) is 16.7 Å². The third kappa shape index (κ3) is 4.29. The molecule has 0 unspecified atom stereocenters. The van der Waals surface area contributed by atoms with Gasteiger partial charge in [-0.05, 0) is 55.4 Å². The number of aromatic nitrogens is 4. The van der Waals surface area contributed by atoms with Gasteiger partial charge in [-0.25, -0.2) is 18.9 Å². The van der Waals surface area contributed by atoms with E-state index >= 15 is 0 Å². The van der Waals surface area contributed by atoms with E-state index in [0.29, 0.717) is 42.7 Å². The van der Waals surface area contributed by atoms with Gasteiger partial charge >= 0.3 is 6.03 Å². The summed E-state index contributed by atoms with van der Waals surface area (Å²) in [6.07, 6.45) is 5.54. The molecule has 0 spiro atoms. The number of piperidine rings is 1. The van der Waals surface area contributed by atoms with Crippen molar-refractivity contribution in [3.05, 3.63) is 53.0 Å². The topological polar surface area (TPSA) is 105 Å². The molecule has 1 aliphatic carbocycles. The maximum absolute atomic E-state index is 13.2. The molecule has 0 radical (unpaired) electrons. The highest BCUT2D eigenvalue weighted by atomic mass is 19.1. The van der Waals surface area contributed by atoms with Gasteiger partial charge in [0.15, 0.2) is 5.65 Å². The van der Waals surface area contributed by atoms with Crippen LogP contribution in [0, 0.1) is 11.2 Å². The van der Waals surface area contributed by atoms with Crippen LogP contribution in [0.4, 0.5) is 9.18 Å². The number of carbonyl (C=O) groups excluding carboxylic acids is 1. The van der Waals surface area contributed by atoms with Crippen molar-refractivity contribution in [3.8, 4) is 5.69 Å². The lowest BCUT2D eigenvalue weighted by Crippen LogP contribution is -2.56. The number of rotatable bonds is 4. The van der Waals surface area contributed by atoms with Crippen LogP contribution in [-0.2, 0) is 6.54 Å². The largest absolute Gasteiger partial charge is 0.388 e. The Morgan fingerprint density at radius 2 is 1.88 bits per heavy atom. The van der Waals surface area contributed by atoms with E-state index in [0.717, 1.165) is 12.8 Å². The van der Waals surface area contributed by atoms with E-state index in [9.17, 15) is 19.1 Å². The molecule has 5 rings (SSSR count). The number of aliphatic hydroxyl groups is 1. The molecule has 2 amide bonds. The second-order valence-corrected chi connectivity index (χ2v) is 10.4. The first kappa shape index (κ1) is 22.5. The number of benzene rings is 1. The summed E-state index contributed by atoms with van der Waals surface area (Å²) in [5.74, 6) is -0.362. The van der Waals surface area contributed by atoms with Crippen LogP contribution in [0.15, 0.2) is 41.6 Å². The van der Waals surface area contributed by atoms with Gasteiger partial charge in [-0.15, -0.1) is 0 Å². The summed E-state index contributed by atoms with van der Waals surface area (Å²) in [4.78, 5) is 31.7. The standard InChI is InChI=1S/C24H29FN6O3/c1-23(2)11-17(12-23)28-22(33)29-9-7-24(34,8-10-29)14-30-15-26-20-19(21(30)32)13-27-31(20)18-5-3-16(25)4-6-18/h3-6,13,15,17,34H,7-12,14H2,1-2H3,(H,28,33). The van der Waals surface area contributed by atoms with Crippen LogP contribution in [-0.4, -0.2) is 60.1 Å². The molecule has 180 valence electrons. The highest BCUT2D eigenvalue weighted by molar-refractivity contribution is 5.75. The van der Waals surface area contributed by atoms with E-state index in [1.807, 2.05) is 0 Å². The zero-order chi connectivity index (χ0) is 24.1. The van der Waals surface area contributed by atoms with Gasteiger partial charge in [-0.2, -0.15) is 5.10 Å². The van der Waals surface area contributed by atoms with Crippen molar-refractivity contribution in [3.63, 3.8) is 0 Å². The molecule has 1 saturated carbocycles. The molecule has 2 fully saturated rings. The van der Waals surface area contributed by atoms with Crippen molar-refractivity contribution in [2.45, 2.75) is 57.7 Å². The summed E-state index contributed by atoms with van der Waals surface area (Å²) in [7, 11) is 0. The lowest BCUT2D eigenvalue weighted by Gasteiger charge is -2.44. The van der Waals surface area contributed by atoms with Gasteiger partial charge in [0.05, 0.1) is 24.0 Å². The third-order valence-electron chi connectivity index (χ3n) is 7.00. The average molecular weight is 469 g/mol. The van der Waals surface area contributed by atoms with Crippen LogP contribution in [0.3, 0.4) is 0 Å². The average Bonchev–Trinajstić information content (AvgIpc) is 3.20. The SMILES string of the molecule is CC1(C)CC(NC(=O)N2CCC(O)(Cn3cnc4c(cnn4-c4ccc(F)cc4)c3=O)CC2)C1. The van der Waals surface area contributed by atoms with Crippen molar-refractivity contribution in [2.75, 3.05) is 13.1 Å². The second kappa shape index (κ2) is 8.19. The Kier molecular flexibility index (Phi) is 5.43. The molecule has 1 aliphatic heterocycles. The minimum absolute atomic E-state index is 0.0861. The first-order chi connectivity index (χ1) is 16.1. The Balaban J connectivity index is 1.25. The quantitative estimate of drug-likeness (QED) is 0.612. The number of hydrogen-bond donors (Lipinski definition) is 2. The number of nitrogens with zero attached hydrogens (tertiary/aromatic N) is 5. The van der Waals surface area contributed by atoms with Gasteiger partial charge in [0.1, 0.15) is 17.5 Å². The molecule has 2 aromatic heterocycles. The van der Waals surface area contributed by atoms with Crippen molar-refractivity contribution in [1.29, 1.82) is 0 Å². The van der Waals surface area contributed by atoms with E-state index in [-0.39, 0.29) is 35.4 Å². The van der Waals surface area contributed by atoms with E-state index in [4.69, 9.17) is 0 Å². The highest BCUT2D eigenvalue weighted by Gasteiger charge is 2.39. The number of hydrogen-bond acceptors (Lipinski definition) is 5. The number of fused-ring (bicyclic) bond motifs is 1. The number of carbonyl (C=O) groups is 1. The van der Waals surface area contributed by atoms with E-state index in [2.05, 4.69) is 29.2 Å². The molecule has 2 aliphatic rings. The Morgan fingerprint density at radius 1 is 1.21 bits per heavy atom. The minimum Gasteiger partial charge on any atom is -0.388 e. The minimum atomic E-state index is -1.11. The predicted molar refractivity (Wildman–Crippen MR) is 124 cm³/mol. The number of likely N-dealkylation sites (tertiary alicyclic amines) is 1. The molecule has 0 bridgehead atoms. The van der Waals surface area contributed by atoms with Crippen LogP contribution in [0.5, 0.6) is 0 Å². The Bertz CT molecular complexity index is 1270. The smallest absolute Gasteiger partial charge is 0.317 e. The molecule has 3 aromatic rings. The van der Waals surface area contributed by atoms with E-state index in [1.165, 1.54) is 33.9 Å². The highest BCUT2D eigenvalue weighted by Crippen LogP contribution is 2.39. The third-order valence-corrected chi connectivity index (χ3v) is 7.00. The maximum Gasteiger partial charge on any atom is 0.317 e. The van der Waals surface area contributed by atoms with Crippen molar-refractivity contribution in [2.24, 2.45) is 5.41 Å². The molecular weight excluding hydrogens is 439 g/mol. The number of amides is 2. The molecular formula is C24H29FN6O3. The summed E-state index contributed by atoms with van der Waals surface area (Å²) < 4.78 is 16.1. The van der Waals surface area contributed by atoms with Crippen molar-refractivity contribution >= 4 is 17.1 Å². The zero-order valence-electron chi connectivity index (χ0n) is 19.4. The normalized spacial score (nSPS) is 19.7. The second-order valence-electron chi connectivity index (χ2n) is 10.4. The summed E-state index contributed by atoms with van der Waals surface area (Å²) in [5.41, 5.74) is -0.166. The first-order valence-electron chi connectivity index (χ1n) is 11.6. The Hall–Kier alpha value is -3.27. The fourth-order valence-electron chi connectivity index (χ4n) is 5.08. The number of urea groups is 1. The number of nitrogens with one attached hydrogen (secondary N) is 1. The van der Waals surface area contributed by atoms with Crippen molar-refractivity contribution < 1.29 is 14.3 Å². The summed E-state index contributed by atoms with van der Waals surface area (Å²) in [5, 5.41) is 18.8. The van der Waals surface area contributed by atoms with E-state index < -0.39 is 5.60 Å². The van der Waals surface area contributed by atoms with Crippen LogP contribution >= 0.6 is 0 Å². The molecule has 34 heavy (non-hydrogen) atoms. The predicted octanol–water partition coefficient (Wildman–Crippen LogP) is 2.45. The van der Waals surface area contributed by atoms with Gasteiger partial charge in [0.2, 0.25) is 0 Å². The molecule has 2 N–H and O–H groups in total. The Morgan fingerprint density at radius 3 is 2.53 bits per heavy atom.